The van der Waals surface area contributed by atoms with Gasteiger partial charge in [-0.15, -0.1) is 0 Å². The highest BCUT2D eigenvalue weighted by molar-refractivity contribution is 6.31. The molecule has 1 fully saturated rings. The molecule has 5 unspecified atom stereocenters. The molecule has 7 rings (SSSR count). The monoisotopic (exact) mass is 800 g/mol. The second-order valence-electron chi connectivity index (χ2n) is 14.3. The Hall–Kier alpha value is -5.03. The second kappa shape index (κ2) is 20.1. The lowest BCUT2D eigenvalue weighted by Gasteiger charge is -2.50. The Kier molecular flexibility index (Phi) is 14.3. The van der Waals surface area contributed by atoms with Gasteiger partial charge in [0.05, 0.1) is 45.2 Å². The summed E-state index contributed by atoms with van der Waals surface area (Å²) in [6, 6.07) is 50.0. The molecule has 8 nitrogen and oxygen atoms in total. The number of benzene rings is 6. The van der Waals surface area contributed by atoms with Crippen molar-refractivity contribution in [3.05, 3.63) is 202 Å². The van der Waals surface area contributed by atoms with E-state index in [4.69, 9.17) is 40.0 Å². The minimum absolute atomic E-state index is 0.0284. The highest BCUT2D eigenvalue weighted by Gasteiger charge is 2.58. The van der Waals surface area contributed by atoms with Crippen LogP contribution in [-0.2, 0) is 62.3 Å². The maximum atomic E-state index is 13.2. The van der Waals surface area contributed by atoms with Crippen molar-refractivity contribution in [3.63, 3.8) is 0 Å². The number of phenols is 1. The zero-order valence-electron chi connectivity index (χ0n) is 32.5. The summed E-state index contributed by atoms with van der Waals surface area (Å²) in [4.78, 5) is 0. The molecule has 6 aromatic rings. The zero-order valence-corrected chi connectivity index (χ0v) is 33.2. The summed E-state index contributed by atoms with van der Waals surface area (Å²) in [6.45, 7) is 3.35. The standard InChI is InChI=1S/C49H49ClO8/c1-2-54-41-25-23-35(24-26-41)27-40-28-42(44(51)29-43(40)50)49(52)48(57-33-39-21-13-6-14-22-39)47(56-32-38-19-11-5-12-20-38)46(55-31-37-17-9-4-10-18-37)45(58-49)34-53-30-36-15-7-3-8-16-36/h3-26,28-29,45-48,51-52H,2,27,30-34H2,1H3. The lowest BCUT2D eigenvalue weighted by Crippen LogP contribution is -2.65. The summed E-state index contributed by atoms with van der Waals surface area (Å²) in [5, 5.41) is 25.3. The molecule has 1 heterocycles. The summed E-state index contributed by atoms with van der Waals surface area (Å²) >= 11 is 6.82. The van der Waals surface area contributed by atoms with Gasteiger partial charge in [-0.05, 0) is 71.0 Å². The van der Waals surface area contributed by atoms with E-state index in [0.29, 0.717) is 30.2 Å². The van der Waals surface area contributed by atoms with Crippen LogP contribution in [0.5, 0.6) is 11.5 Å². The van der Waals surface area contributed by atoms with Crippen molar-refractivity contribution in [2.45, 2.75) is 70.0 Å². The largest absolute Gasteiger partial charge is 0.507 e. The van der Waals surface area contributed by atoms with Gasteiger partial charge in [-0.1, -0.05) is 145 Å². The summed E-state index contributed by atoms with van der Waals surface area (Å²) in [5.41, 5.74) is 5.43. The fourth-order valence-corrected chi connectivity index (χ4v) is 7.41. The summed E-state index contributed by atoms with van der Waals surface area (Å²) in [5.74, 6) is -1.77. The maximum absolute atomic E-state index is 13.2. The van der Waals surface area contributed by atoms with Gasteiger partial charge in [-0.2, -0.15) is 0 Å². The predicted molar refractivity (Wildman–Crippen MR) is 223 cm³/mol. The summed E-state index contributed by atoms with van der Waals surface area (Å²) < 4.78 is 39.1. The van der Waals surface area contributed by atoms with Crippen molar-refractivity contribution < 1.29 is 38.6 Å². The topological polar surface area (TPSA) is 95.8 Å². The number of hydrogen-bond acceptors (Lipinski definition) is 8. The van der Waals surface area contributed by atoms with Crippen LogP contribution in [0.2, 0.25) is 5.02 Å². The second-order valence-corrected chi connectivity index (χ2v) is 14.7. The van der Waals surface area contributed by atoms with Crippen LogP contribution in [0.1, 0.15) is 45.9 Å². The van der Waals surface area contributed by atoms with Crippen molar-refractivity contribution in [1.29, 1.82) is 0 Å². The first-order chi connectivity index (χ1) is 28.4. The molecular formula is C49H49ClO8. The number of aliphatic hydroxyl groups is 1. The van der Waals surface area contributed by atoms with Gasteiger partial charge in [0.15, 0.2) is 0 Å². The first-order valence-electron chi connectivity index (χ1n) is 19.6. The third-order valence-electron chi connectivity index (χ3n) is 10.1. The molecule has 5 atom stereocenters. The Morgan fingerprint density at radius 2 is 1.10 bits per heavy atom. The zero-order chi connectivity index (χ0) is 40.2. The van der Waals surface area contributed by atoms with Crippen molar-refractivity contribution in [3.8, 4) is 11.5 Å². The van der Waals surface area contributed by atoms with Crippen LogP contribution in [0.3, 0.4) is 0 Å². The molecule has 0 amide bonds. The number of rotatable bonds is 18. The quantitative estimate of drug-likeness (QED) is 0.0888. The van der Waals surface area contributed by atoms with Crippen LogP contribution >= 0.6 is 11.6 Å². The first-order valence-corrected chi connectivity index (χ1v) is 20.0. The van der Waals surface area contributed by atoms with E-state index in [1.165, 1.54) is 6.07 Å². The molecule has 1 aliphatic rings. The summed E-state index contributed by atoms with van der Waals surface area (Å²) in [7, 11) is 0. The number of ether oxygens (including phenoxy) is 6. The molecule has 1 aliphatic heterocycles. The van der Waals surface area contributed by atoms with Gasteiger partial charge in [0.25, 0.3) is 0 Å². The fourth-order valence-electron chi connectivity index (χ4n) is 7.19. The van der Waals surface area contributed by atoms with Crippen LogP contribution in [0, 0.1) is 0 Å². The van der Waals surface area contributed by atoms with Gasteiger partial charge in [0.2, 0.25) is 5.79 Å². The molecule has 9 heteroatoms. The van der Waals surface area contributed by atoms with Crippen LogP contribution in [0.25, 0.3) is 0 Å². The van der Waals surface area contributed by atoms with Gasteiger partial charge >= 0.3 is 0 Å². The van der Waals surface area contributed by atoms with Crippen LogP contribution in [-0.4, -0.2) is 47.8 Å². The molecule has 0 spiro atoms. The number of halogens is 1. The lowest BCUT2D eigenvalue weighted by molar-refractivity contribution is -0.379. The Morgan fingerprint density at radius 1 is 0.603 bits per heavy atom. The molecule has 58 heavy (non-hydrogen) atoms. The van der Waals surface area contributed by atoms with Gasteiger partial charge < -0.3 is 38.6 Å². The lowest BCUT2D eigenvalue weighted by atomic mass is 9.86. The third kappa shape index (κ3) is 10.5. The van der Waals surface area contributed by atoms with Crippen LogP contribution in [0.15, 0.2) is 158 Å². The molecule has 2 N–H and O–H groups in total. The normalized spacial score (nSPS) is 20.5. The van der Waals surface area contributed by atoms with E-state index in [9.17, 15) is 10.2 Å². The Bertz CT molecular complexity index is 2140. The number of hydrogen-bond donors (Lipinski definition) is 2. The average molecular weight is 801 g/mol. The van der Waals surface area contributed by atoms with Crippen molar-refractivity contribution in [2.24, 2.45) is 0 Å². The maximum Gasteiger partial charge on any atom is 0.226 e. The van der Waals surface area contributed by atoms with Gasteiger partial charge in [-0.25, -0.2) is 0 Å². The van der Waals surface area contributed by atoms with Crippen molar-refractivity contribution in [2.75, 3.05) is 13.2 Å². The smallest absolute Gasteiger partial charge is 0.226 e. The molecule has 0 aliphatic carbocycles. The Balaban J connectivity index is 1.30. The van der Waals surface area contributed by atoms with Gasteiger partial charge in [0.1, 0.15) is 35.9 Å². The SMILES string of the molecule is CCOc1ccc(Cc2cc(C3(O)OC(COCc4ccccc4)C(OCc4ccccc4)C(OCc4ccccc4)C3OCc3ccccc3)c(O)cc2Cl)cc1. The minimum atomic E-state index is -2.27. The highest BCUT2D eigenvalue weighted by Crippen LogP contribution is 2.46. The minimum Gasteiger partial charge on any atom is -0.507 e. The molecule has 0 aromatic heterocycles. The molecule has 300 valence electrons. The molecule has 0 bridgehead atoms. The fraction of sp³-hybridized carbons (Fsp3) is 0.265. The van der Waals surface area contributed by atoms with E-state index in [1.54, 1.807) is 6.07 Å². The average Bonchev–Trinajstić information content (AvgIpc) is 3.25. The third-order valence-corrected chi connectivity index (χ3v) is 10.5. The Morgan fingerprint density at radius 3 is 1.64 bits per heavy atom. The van der Waals surface area contributed by atoms with Crippen LogP contribution < -0.4 is 4.74 Å². The number of aromatic hydroxyl groups is 1. The number of phenolic OH excluding ortho intramolecular Hbond substituents is 1. The predicted octanol–water partition coefficient (Wildman–Crippen LogP) is 9.55. The van der Waals surface area contributed by atoms with Crippen LogP contribution in [0.4, 0.5) is 0 Å². The van der Waals surface area contributed by atoms with E-state index < -0.39 is 30.2 Å². The molecule has 0 radical (unpaired) electrons. The molecule has 0 saturated carbocycles. The van der Waals surface area contributed by atoms with Crippen molar-refractivity contribution in [1.82, 2.24) is 0 Å². The van der Waals surface area contributed by atoms with Gasteiger partial charge in [0, 0.05) is 5.02 Å². The van der Waals surface area contributed by atoms with E-state index in [1.807, 2.05) is 153 Å². The molecule has 6 aromatic carbocycles. The van der Waals surface area contributed by atoms with Gasteiger partial charge in [-0.3, -0.25) is 0 Å². The van der Waals surface area contributed by atoms with E-state index in [2.05, 4.69) is 0 Å². The van der Waals surface area contributed by atoms with Crippen molar-refractivity contribution >= 4 is 11.6 Å². The highest BCUT2D eigenvalue weighted by atomic mass is 35.5. The van der Waals surface area contributed by atoms with E-state index in [-0.39, 0.29) is 37.7 Å². The summed E-state index contributed by atoms with van der Waals surface area (Å²) in [6.07, 6.45) is -3.42. The van der Waals surface area contributed by atoms with E-state index >= 15 is 0 Å². The van der Waals surface area contributed by atoms with E-state index in [0.717, 1.165) is 33.6 Å². The molecule has 1 saturated heterocycles. The molecular weight excluding hydrogens is 752 g/mol. The Labute approximate surface area is 345 Å². The first kappa shape index (κ1) is 41.1.